The number of hydrogen-bond donors (Lipinski definition) is 2. The number of amides is 1. The minimum absolute atomic E-state index is 0.168. The van der Waals surface area contributed by atoms with Gasteiger partial charge in [-0.05, 0) is 32.0 Å². The van der Waals surface area contributed by atoms with Gasteiger partial charge >= 0.3 is 0 Å². The van der Waals surface area contributed by atoms with Crippen molar-refractivity contribution in [2.45, 2.75) is 45.7 Å². The van der Waals surface area contributed by atoms with E-state index in [2.05, 4.69) is 16.5 Å². The van der Waals surface area contributed by atoms with Crippen molar-refractivity contribution in [3.05, 3.63) is 42.1 Å². The van der Waals surface area contributed by atoms with Crippen LogP contribution in [0.4, 0.5) is 4.39 Å². The van der Waals surface area contributed by atoms with E-state index in [9.17, 15) is 9.18 Å². The maximum Gasteiger partial charge on any atom is 0.290 e. The van der Waals surface area contributed by atoms with Gasteiger partial charge in [0.2, 0.25) is 5.91 Å². The number of hydrogen-bond acceptors (Lipinski definition) is 5. The molecule has 1 aromatic carbocycles. The Kier molecular flexibility index (Phi) is 8.92. The maximum atomic E-state index is 13.7. The van der Waals surface area contributed by atoms with Crippen molar-refractivity contribution >= 4 is 18.9 Å². The number of likely N-dealkylation sites (tertiary alicyclic amines) is 1. The van der Waals surface area contributed by atoms with Crippen LogP contribution in [0.3, 0.4) is 0 Å². The Morgan fingerprint density at radius 1 is 1.09 bits per heavy atom. The number of halogens is 1. The third kappa shape index (κ3) is 5.61. The fraction of sp³-hybridized carbons (Fsp3) is 0.500. The van der Waals surface area contributed by atoms with Gasteiger partial charge in [-0.2, -0.15) is 0 Å². The largest absolute Gasteiger partial charge is 0.483 e. The zero-order chi connectivity index (χ0) is 25.5. The predicted molar refractivity (Wildman–Crippen MR) is 125 cm³/mol. The lowest BCUT2D eigenvalue weighted by Gasteiger charge is -2.50. The molecule has 0 radical (unpaired) electrons. The molecule has 3 heterocycles. The van der Waals surface area contributed by atoms with E-state index in [0.717, 1.165) is 56.1 Å². The number of imidazole rings is 1. The smallest absolute Gasteiger partial charge is 0.290 e. The summed E-state index contributed by atoms with van der Waals surface area (Å²) in [5.41, 5.74) is 1.30. The van der Waals surface area contributed by atoms with Crippen LogP contribution >= 0.6 is 0 Å². The molecule has 2 aliphatic heterocycles. The number of carbonyl (C=O) groups is 3. The molecular formula is C24H33FN4O5. The van der Waals surface area contributed by atoms with E-state index in [1.807, 2.05) is 37.9 Å². The second-order valence-electron chi connectivity index (χ2n) is 9.34. The van der Waals surface area contributed by atoms with Gasteiger partial charge in [-0.25, -0.2) is 9.37 Å². The van der Waals surface area contributed by atoms with Crippen LogP contribution in [0.25, 0.3) is 11.3 Å². The Morgan fingerprint density at radius 2 is 1.68 bits per heavy atom. The third-order valence-corrected chi connectivity index (χ3v) is 6.30. The van der Waals surface area contributed by atoms with Crippen LogP contribution in [0.1, 0.15) is 39.4 Å². The lowest BCUT2D eigenvalue weighted by atomic mass is 9.82. The predicted octanol–water partition coefficient (Wildman–Crippen LogP) is 2.90. The number of carboxylic acid groups (broad SMARTS) is 2. The molecule has 4 rings (SSSR count). The van der Waals surface area contributed by atoms with Gasteiger partial charge < -0.3 is 19.7 Å². The van der Waals surface area contributed by atoms with Crippen LogP contribution in [0.2, 0.25) is 0 Å². The quantitative estimate of drug-likeness (QED) is 0.608. The summed E-state index contributed by atoms with van der Waals surface area (Å²) < 4.78 is 16.0. The first kappa shape index (κ1) is 27.0. The SMILES string of the molecule is CN1CCn2c(-c3cccc(F)c3)cnc2C12CCN(C(=O)C(C)(C)C)CC2.O=CO.O=CO. The summed E-state index contributed by atoms with van der Waals surface area (Å²) in [5.74, 6) is 1.03. The lowest BCUT2D eigenvalue weighted by molar-refractivity contribution is -0.142. The molecule has 1 aromatic heterocycles. The monoisotopic (exact) mass is 476 g/mol. The molecule has 1 saturated heterocycles. The average Bonchev–Trinajstić information content (AvgIpc) is 3.22. The van der Waals surface area contributed by atoms with Gasteiger partial charge in [0.25, 0.3) is 12.9 Å². The lowest BCUT2D eigenvalue weighted by Crippen LogP contribution is -2.57. The van der Waals surface area contributed by atoms with Crippen LogP contribution in [0.5, 0.6) is 0 Å². The van der Waals surface area contributed by atoms with Crippen LogP contribution in [-0.4, -0.2) is 75.1 Å². The summed E-state index contributed by atoms with van der Waals surface area (Å²) in [7, 11) is 2.15. The van der Waals surface area contributed by atoms with E-state index in [1.165, 1.54) is 6.07 Å². The first-order chi connectivity index (χ1) is 16.0. The first-order valence-corrected chi connectivity index (χ1v) is 11.0. The number of aromatic nitrogens is 2. The highest BCUT2D eigenvalue weighted by Gasteiger charge is 2.47. The maximum absolute atomic E-state index is 13.7. The van der Waals surface area contributed by atoms with Gasteiger partial charge in [0.15, 0.2) is 0 Å². The van der Waals surface area contributed by atoms with Crippen molar-refractivity contribution < 1.29 is 29.0 Å². The zero-order valence-corrected chi connectivity index (χ0v) is 20.1. The van der Waals surface area contributed by atoms with Gasteiger partial charge in [0, 0.05) is 37.2 Å². The molecule has 34 heavy (non-hydrogen) atoms. The molecule has 2 N–H and O–H groups in total. The number of rotatable bonds is 1. The Balaban J connectivity index is 0.000000618. The van der Waals surface area contributed by atoms with Crippen molar-refractivity contribution in [2.75, 3.05) is 26.7 Å². The molecule has 0 saturated carbocycles. The summed E-state index contributed by atoms with van der Waals surface area (Å²) in [5, 5.41) is 13.8. The van der Waals surface area contributed by atoms with Gasteiger partial charge in [-0.15, -0.1) is 0 Å². The number of benzene rings is 1. The topological polar surface area (TPSA) is 116 Å². The molecular weight excluding hydrogens is 443 g/mol. The summed E-state index contributed by atoms with van der Waals surface area (Å²) >= 11 is 0. The highest BCUT2D eigenvalue weighted by Crippen LogP contribution is 2.42. The molecule has 9 nitrogen and oxygen atoms in total. The summed E-state index contributed by atoms with van der Waals surface area (Å²) in [4.78, 5) is 38.6. The van der Waals surface area contributed by atoms with Gasteiger partial charge in [0.05, 0.1) is 17.4 Å². The summed E-state index contributed by atoms with van der Waals surface area (Å²) in [6.45, 7) is 8.66. The molecule has 1 amide bonds. The molecule has 0 bridgehead atoms. The average molecular weight is 477 g/mol. The molecule has 2 aromatic rings. The minimum Gasteiger partial charge on any atom is -0.483 e. The van der Waals surface area contributed by atoms with Gasteiger partial charge in [-0.1, -0.05) is 32.9 Å². The zero-order valence-electron chi connectivity index (χ0n) is 20.1. The second kappa shape index (κ2) is 11.2. The number of piperidine rings is 1. The van der Waals surface area contributed by atoms with E-state index in [1.54, 1.807) is 12.1 Å². The third-order valence-electron chi connectivity index (χ3n) is 6.30. The van der Waals surface area contributed by atoms with Crippen LogP contribution < -0.4 is 0 Å². The Bertz CT molecular complexity index is 987. The number of likely N-dealkylation sites (N-methyl/N-ethyl adjacent to an activating group) is 1. The van der Waals surface area contributed by atoms with E-state index in [4.69, 9.17) is 24.8 Å². The van der Waals surface area contributed by atoms with E-state index < -0.39 is 0 Å². The highest BCUT2D eigenvalue weighted by molar-refractivity contribution is 5.81. The molecule has 2 aliphatic rings. The molecule has 1 fully saturated rings. The summed E-state index contributed by atoms with van der Waals surface area (Å²) in [6.07, 6.45) is 3.60. The van der Waals surface area contributed by atoms with Crippen molar-refractivity contribution in [1.29, 1.82) is 0 Å². The van der Waals surface area contributed by atoms with Crippen molar-refractivity contribution in [3.63, 3.8) is 0 Å². The number of carbonyl (C=O) groups excluding carboxylic acids is 1. The minimum atomic E-state index is -0.355. The van der Waals surface area contributed by atoms with Crippen molar-refractivity contribution in [1.82, 2.24) is 19.4 Å². The Hall–Kier alpha value is -3.27. The molecule has 1 spiro atoms. The number of fused-ring (bicyclic) bond motifs is 2. The Morgan fingerprint density at radius 3 is 2.21 bits per heavy atom. The molecule has 10 heteroatoms. The fourth-order valence-electron chi connectivity index (χ4n) is 4.65. The highest BCUT2D eigenvalue weighted by atomic mass is 19.1. The summed E-state index contributed by atoms with van der Waals surface area (Å²) in [6, 6.07) is 6.71. The van der Waals surface area contributed by atoms with Crippen LogP contribution in [0.15, 0.2) is 30.5 Å². The number of nitrogens with zero attached hydrogens (tertiary/aromatic N) is 4. The van der Waals surface area contributed by atoms with Crippen LogP contribution in [-0.2, 0) is 26.5 Å². The normalized spacial score (nSPS) is 16.9. The van der Waals surface area contributed by atoms with E-state index in [-0.39, 0.29) is 35.6 Å². The standard InChI is InChI=1S/C22H29FN4O.2CH2O2/c1-21(2,3)20(28)26-10-8-22(9-11-26)19-24-15-18(27(19)13-12-25(22)4)16-6-5-7-17(23)14-16;2*2-1-3/h5-7,14-15H,8-13H2,1-4H3;2*1H,(H,2,3). The van der Waals surface area contributed by atoms with Gasteiger partial charge in [0.1, 0.15) is 11.6 Å². The van der Waals surface area contributed by atoms with Crippen LogP contribution in [0, 0.1) is 11.2 Å². The van der Waals surface area contributed by atoms with E-state index >= 15 is 0 Å². The second-order valence-corrected chi connectivity index (χ2v) is 9.34. The van der Waals surface area contributed by atoms with Crippen molar-refractivity contribution in [3.8, 4) is 11.3 Å². The van der Waals surface area contributed by atoms with Crippen molar-refractivity contribution in [2.24, 2.45) is 5.41 Å². The molecule has 0 unspecified atom stereocenters. The molecule has 0 atom stereocenters. The molecule has 0 aliphatic carbocycles. The van der Waals surface area contributed by atoms with E-state index in [0.29, 0.717) is 0 Å². The molecule has 186 valence electrons. The van der Waals surface area contributed by atoms with Gasteiger partial charge in [-0.3, -0.25) is 19.3 Å². The Labute approximate surface area is 198 Å². The fourth-order valence-corrected chi connectivity index (χ4v) is 4.65. The first-order valence-electron chi connectivity index (χ1n) is 11.0.